The Morgan fingerprint density at radius 3 is 1.39 bits per heavy atom. The highest BCUT2D eigenvalue weighted by molar-refractivity contribution is 7.95. The van der Waals surface area contributed by atoms with Gasteiger partial charge in [0.1, 0.15) is 23.2 Å². The third-order valence-electron chi connectivity index (χ3n) is 5.80. The second-order valence-corrected chi connectivity index (χ2v) is 11.5. The molecule has 0 radical (unpaired) electrons. The third-order valence-corrected chi connectivity index (χ3v) is 10.2. The molecular weight excluding hydrogens is 393 g/mol. The van der Waals surface area contributed by atoms with Gasteiger partial charge in [-0.05, 0) is 60.9 Å². The number of hydrogen-bond donors (Lipinski definition) is 0. The molecule has 1 nitrogen and oxygen atoms in total. The average Bonchev–Trinajstić information content (AvgIpc) is 2.85. The standard InChI is InChI=1S/C29H27NP/c1-24(22-30)21-25-17-19-26(20-18-25)23-31(27-11-5-2-6-12-27,28-13-7-3-8-14-28)29-15-9-4-10-16-29/h2-20,24H,21,23H2,1H3/q+1. The van der Waals surface area contributed by atoms with Gasteiger partial charge < -0.3 is 0 Å². The fourth-order valence-electron chi connectivity index (χ4n) is 4.22. The fourth-order valence-corrected chi connectivity index (χ4v) is 8.47. The van der Waals surface area contributed by atoms with Crippen LogP contribution in [-0.2, 0) is 12.6 Å². The van der Waals surface area contributed by atoms with E-state index in [1.807, 2.05) is 6.92 Å². The maximum absolute atomic E-state index is 9.14. The van der Waals surface area contributed by atoms with Gasteiger partial charge in [0.15, 0.2) is 0 Å². The summed E-state index contributed by atoms with van der Waals surface area (Å²) in [5, 5.41) is 13.3. The number of nitriles is 1. The van der Waals surface area contributed by atoms with Crippen molar-refractivity contribution in [2.45, 2.75) is 19.5 Å². The number of nitrogens with zero attached hydrogens (tertiary/aromatic N) is 1. The Hall–Kier alpha value is -3.20. The van der Waals surface area contributed by atoms with Crippen LogP contribution in [0.15, 0.2) is 115 Å². The molecule has 4 aromatic rings. The summed E-state index contributed by atoms with van der Waals surface area (Å²) in [6.07, 6.45) is 1.77. The first kappa shape index (κ1) is 21.0. The van der Waals surface area contributed by atoms with Gasteiger partial charge in [-0.15, -0.1) is 0 Å². The molecule has 1 unspecified atom stereocenters. The summed E-state index contributed by atoms with van der Waals surface area (Å²) in [6.45, 7) is 1.98. The van der Waals surface area contributed by atoms with Gasteiger partial charge in [-0.1, -0.05) is 78.9 Å². The predicted molar refractivity (Wildman–Crippen MR) is 134 cm³/mol. The Morgan fingerprint density at radius 2 is 1.00 bits per heavy atom. The normalized spacial score (nSPS) is 12.1. The predicted octanol–water partition coefficient (Wildman–Crippen LogP) is 5.88. The van der Waals surface area contributed by atoms with Gasteiger partial charge in [-0.3, -0.25) is 0 Å². The molecule has 4 aromatic carbocycles. The molecule has 0 spiro atoms. The lowest BCUT2D eigenvalue weighted by Gasteiger charge is -2.28. The zero-order chi connectivity index (χ0) is 21.5. The molecule has 2 heteroatoms. The maximum atomic E-state index is 9.14. The fraction of sp³-hybridized carbons (Fsp3) is 0.138. The van der Waals surface area contributed by atoms with Crippen molar-refractivity contribution in [3.8, 4) is 6.07 Å². The summed E-state index contributed by atoms with van der Waals surface area (Å²) in [5.41, 5.74) is 2.55. The number of rotatable bonds is 7. The second kappa shape index (κ2) is 9.74. The van der Waals surface area contributed by atoms with Crippen LogP contribution in [0, 0.1) is 17.2 Å². The topological polar surface area (TPSA) is 23.8 Å². The summed E-state index contributed by atoms with van der Waals surface area (Å²) >= 11 is 0. The van der Waals surface area contributed by atoms with Crippen LogP contribution in [0.2, 0.25) is 0 Å². The molecule has 0 heterocycles. The van der Waals surface area contributed by atoms with Crippen LogP contribution in [0.1, 0.15) is 18.1 Å². The zero-order valence-electron chi connectivity index (χ0n) is 17.9. The van der Waals surface area contributed by atoms with Gasteiger partial charge in [0.25, 0.3) is 0 Å². The van der Waals surface area contributed by atoms with E-state index in [-0.39, 0.29) is 5.92 Å². The van der Waals surface area contributed by atoms with Crippen LogP contribution in [0.5, 0.6) is 0 Å². The minimum absolute atomic E-state index is 0.0374. The minimum atomic E-state index is -1.88. The van der Waals surface area contributed by atoms with Gasteiger partial charge in [0.05, 0.1) is 12.2 Å². The lowest BCUT2D eigenvalue weighted by atomic mass is 10.0. The van der Waals surface area contributed by atoms with E-state index < -0.39 is 7.26 Å². The highest BCUT2D eigenvalue weighted by atomic mass is 31.2. The van der Waals surface area contributed by atoms with Crippen molar-refractivity contribution in [2.24, 2.45) is 5.92 Å². The van der Waals surface area contributed by atoms with Gasteiger partial charge >= 0.3 is 0 Å². The zero-order valence-corrected chi connectivity index (χ0v) is 18.8. The molecule has 0 saturated heterocycles. The van der Waals surface area contributed by atoms with Crippen LogP contribution >= 0.6 is 7.26 Å². The summed E-state index contributed by atoms with van der Waals surface area (Å²) in [6, 6.07) is 44.2. The van der Waals surface area contributed by atoms with E-state index >= 15 is 0 Å². The lowest BCUT2D eigenvalue weighted by Crippen LogP contribution is -2.32. The van der Waals surface area contributed by atoms with E-state index in [4.69, 9.17) is 5.26 Å². The van der Waals surface area contributed by atoms with Crippen LogP contribution in [-0.4, -0.2) is 0 Å². The Labute approximate surface area is 186 Å². The molecule has 0 aliphatic heterocycles. The molecule has 0 saturated carbocycles. The van der Waals surface area contributed by atoms with Crippen molar-refractivity contribution in [3.63, 3.8) is 0 Å². The van der Waals surface area contributed by atoms with Crippen LogP contribution in [0.3, 0.4) is 0 Å². The first-order chi connectivity index (χ1) is 15.2. The summed E-state index contributed by atoms with van der Waals surface area (Å²) < 4.78 is 0. The molecule has 1 atom stereocenters. The highest BCUT2D eigenvalue weighted by Crippen LogP contribution is 2.58. The van der Waals surface area contributed by atoms with Gasteiger partial charge in [-0.2, -0.15) is 5.26 Å². The molecule has 0 fully saturated rings. The van der Waals surface area contributed by atoms with E-state index in [9.17, 15) is 0 Å². The Bertz CT molecular complexity index is 1030. The van der Waals surface area contributed by atoms with Crippen LogP contribution in [0.4, 0.5) is 0 Å². The first-order valence-corrected chi connectivity index (χ1v) is 12.7. The van der Waals surface area contributed by atoms with E-state index in [1.165, 1.54) is 27.0 Å². The van der Waals surface area contributed by atoms with Gasteiger partial charge in [-0.25, -0.2) is 0 Å². The summed E-state index contributed by atoms with van der Waals surface area (Å²) in [7, 11) is -1.88. The van der Waals surface area contributed by atoms with Gasteiger partial charge in [0, 0.05) is 5.92 Å². The summed E-state index contributed by atoms with van der Waals surface area (Å²) in [5.74, 6) is 0.0374. The van der Waals surface area contributed by atoms with Crippen molar-refractivity contribution in [3.05, 3.63) is 126 Å². The van der Waals surface area contributed by atoms with Crippen molar-refractivity contribution >= 4 is 23.2 Å². The van der Waals surface area contributed by atoms with Crippen molar-refractivity contribution in [1.29, 1.82) is 5.26 Å². The quantitative estimate of drug-likeness (QED) is 0.342. The van der Waals surface area contributed by atoms with Crippen LogP contribution < -0.4 is 15.9 Å². The van der Waals surface area contributed by atoms with Gasteiger partial charge in [0.2, 0.25) is 0 Å². The molecule has 0 amide bonds. The average molecular weight is 421 g/mol. The second-order valence-electron chi connectivity index (χ2n) is 8.03. The Balaban J connectivity index is 1.84. The largest absolute Gasteiger partial charge is 0.198 e. The third kappa shape index (κ3) is 4.61. The molecule has 0 bridgehead atoms. The van der Waals surface area contributed by atoms with Crippen LogP contribution in [0.25, 0.3) is 0 Å². The maximum Gasteiger partial charge on any atom is 0.116 e. The first-order valence-electron chi connectivity index (χ1n) is 10.7. The molecule has 0 aromatic heterocycles. The molecule has 4 rings (SSSR count). The molecule has 152 valence electrons. The monoisotopic (exact) mass is 420 g/mol. The van der Waals surface area contributed by atoms with E-state index in [0.717, 1.165) is 12.6 Å². The van der Waals surface area contributed by atoms with E-state index in [1.54, 1.807) is 0 Å². The molecule has 31 heavy (non-hydrogen) atoms. The molecule has 0 aliphatic rings. The Kier molecular flexibility index (Phi) is 6.61. The molecule has 0 aliphatic carbocycles. The number of benzene rings is 4. The van der Waals surface area contributed by atoms with Crippen molar-refractivity contribution in [1.82, 2.24) is 0 Å². The summed E-state index contributed by atoms with van der Waals surface area (Å²) in [4.78, 5) is 0. The number of hydrogen-bond acceptors (Lipinski definition) is 1. The molecular formula is C29H27NP+. The van der Waals surface area contributed by atoms with E-state index in [2.05, 4.69) is 121 Å². The Morgan fingerprint density at radius 1 is 0.613 bits per heavy atom. The van der Waals surface area contributed by atoms with Crippen molar-refractivity contribution in [2.75, 3.05) is 0 Å². The minimum Gasteiger partial charge on any atom is -0.198 e. The lowest BCUT2D eigenvalue weighted by molar-refractivity contribution is 0.739. The van der Waals surface area contributed by atoms with E-state index in [0.29, 0.717) is 0 Å². The SMILES string of the molecule is CC(C#N)Cc1ccc(C[P+](c2ccccc2)(c2ccccc2)c2ccccc2)cc1. The highest BCUT2D eigenvalue weighted by Gasteiger charge is 2.45. The molecule has 0 N–H and O–H groups in total. The van der Waals surface area contributed by atoms with Crippen molar-refractivity contribution < 1.29 is 0 Å². The smallest absolute Gasteiger partial charge is 0.116 e.